The first kappa shape index (κ1) is 19.6. The number of hydrogen-bond acceptors (Lipinski definition) is 3. The molecule has 118 valence electrons. The van der Waals surface area contributed by atoms with Gasteiger partial charge in [-0.05, 0) is 32.4 Å². The molecule has 1 atom stereocenters. The van der Waals surface area contributed by atoms with Crippen molar-refractivity contribution in [3.8, 4) is 0 Å². The molecule has 4 nitrogen and oxygen atoms in total. The van der Waals surface area contributed by atoms with E-state index in [0.29, 0.717) is 25.0 Å². The second kappa shape index (κ2) is 9.50. The summed E-state index contributed by atoms with van der Waals surface area (Å²) in [4.78, 5) is 6.27. The van der Waals surface area contributed by atoms with Crippen molar-refractivity contribution in [2.45, 2.75) is 44.8 Å². The zero-order valence-electron chi connectivity index (χ0n) is 11.3. The fourth-order valence-electron chi connectivity index (χ4n) is 2.61. The SMILES string of the molecule is Cl.Cl.NCCC1CCCCN1Cc1nccn1C(F)F. The molecule has 1 fully saturated rings. The van der Waals surface area contributed by atoms with Gasteiger partial charge in [0.1, 0.15) is 5.82 Å². The molecule has 1 aliphatic rings. The number of aromatic nitrogens is 2. The maximum absolute atomic E-state index is 12.7. The lowest BCUT2D eigenvalue weighted by Gasteiger charge is -2.35. The van der Waals surface area contributed by atoms with E-state index in [1.54, 1.807) is 0 Å². The van der Waals surface area contributed by atoms with Crippen LogP contribution in [0.15, 0.2) is 12.4 Å². The Labute approximate surface area is 130 Å². The third kappa shape index (κ3) is 4.84. The Morgan fingerprint density at radius 3 is 2.75 bits per heavy atom. The second-order valence-corrected chi connectivity index (χ2v) is 4.73. The van der Waals surface area contributed by atoms with E-state index in [0.717, 1.165) is 30.4 Å². The first-order chi connectivity index (χ1) is 8.72. The average Bonchev–Trinajstić information content (AvgIpc) is 2.80. The standard InChI is InChI=1S/C12H20F2N4.2ClH/c13-12(14)18-8-6-16-11(18)9-17-7-2-1-3-10(17)4-5-15;;/h6,8,10,12H,1-5,7,9,15H2;2*1H. The number of rotatable bonds is 5. The number of hydrogen-bond donors (Lipinski definition) is 1. The van der Waals surface area contributed by atoms with Crippen LogP contribution in [0.5, 0.6) is 0 Å². The average molecular weight is 331 g/mol. The van der Waals surface area contributed by atoms with Gasteiger partial charge in [0.05, 0.1) is 6.54 Å². The first-order valence-corrected chi connectivity index (χ1v) is 6.46. The highest BCUT2D eigenvalue weighted by Crippen LogP contribution is 2.22. The van der Waals surface area contributed by atoms with Crippen LogP contribution in [0.2, 0.25) is 0 Å². The topological polar surface area (TPSA) is 47.1 Å². The molecule has 1 saturated heterocycles. The molecule has 0 saturated carbocycles. The van der Waals surface area contributed by atoms with Gasteiger partial charge in [-0.25, -0.2) is 4.98 Å². The van der Waals surface area contributed by atoms with Crippen LogP contribution in [-0.4, -0.2) is 33.6 Å². The van der Waals surface area contributed by atoms with Crippen molar-refractivity contribution < 1.29 is 8.78 Å². The van der Waals surface area contributed by atoms with E-state index < -0.39 is 6.55 Å². The highest BCUT2D eigenvalue weighted by atomic mass is 35.5. The van der Waals surface area contributed by atoms with E-state index in [9.17, 15) is 8.78 Å². The first-order valence-electron chi connectivity index (χ1n) is 6.46. The van der Waals surface area contributed by atoms with Gasteiger partial charge in [0.2, 0.25) is 0 Å². The van der Waals surface area contributed by atoms with Gasteiger partial charge in [-0.1, -0.05) is 6.42 Å². The minimum Gasteiger partial charge on any atom is -0.330 e. The molecule has 2 N–H and O–H groups in total. The summed E-state index contributed by atoms with van der Waals surface area (Å²) in [5, 5.41) is 0. The molecule has 0 radical (unpaired) electrons. The Hall–Kier alpha value is -0.430. The minimum absolute atomic E-state index is 0. The third-order valence-electron chi connectivity index (χ3n) is 3.55. The summed E-state index contributed by atoms with van der Waals surface area (Å²) < 4.78 is 26.4. The number of likely N-dealkylation sites (tertiary alicyclic amines) is 1. The predicted octanol–water partition coefficient (Wildman–Crippen LogP) is 2.83. The Balaban J connectivity index is 0.00000180. The Morgan fingerprint density at radius 1 is 1.35 bits per heavy atom. The van der Waals surface area contributed by atoms with Crippen molar-refractivity contribution in [3.05, 3.63) is 18.2 Å². The van der Waals surface area contributed by atoms with Crippen molar-refractivity contribution in [1.82, 2.24) is 14.5 Å². The van der Waals surface area contributed by atoms with Crippen LogP contribution in [0, 0.1) is 0 Å². The second-order valence-electron chi connectivity index (χ2n) is 4.73. The summed E-state index contributed by atoms with van der Waals surface area (Å²) in [6, 6.07) is 0.409. The van der Waals surface area contributed by atoms with Gasteiger partial charge in [-0.3, -0.25) is 9.47 Å². The normalized spacial score (nSPS) is 19.5. The number of piperidine rings is 1. The molecule has 2 heterocycles. The maximum atomic E-state index is 12.7. The molecule has 1 aliphatic heterocycles. The lowest BCUT2D eigenvalue weighted by Crippen LogP contribution is -2.40. The Bertz CT molecular complexity index is 374. The van der Waals surface area contributed by atoms with Crippen LogP contribution in [-0.2, 0) is 6.54 Å². The van der Waals surface area contributed by atoms with E-state index in [1.165, 1.54) is 18.8 Å². The Morgan fingerprint density at radius 2 is 2.10 bits per heavy atom. The number of imidazole rings is 1. The summed E-state index contributed by atoms with van der Waals surface area (Å²) >= 11 is 0. The van der Waals surface area contributed by atoms with Gasteiger partial charge in [-0.2, -0.15) is 8.78 Å². The van der Waals surface area contributed by atoms with Crippen LogP contribution in [0.4, 0.5) is 8.78 Å². The molecule has 1 unspecified atom stereocenters. The molecular weight excluding hydrogens is 309 g/mol. The van der Waals surface area contributed by atoms with Gasteiger partial charge in [0.15, 0.2) is 0 Å². The van der Waals surface area contributed by atoms with Crippen molar-refractivity contribution >= 4 is 24.8 Å². The molecular formula is C12H22Cl2F2N4. The molecule has 8 heteroatoms. The smallest absolute Gasteiger partial charge is 0.319 e. The van der Waals surface area contributed by atoms with Crippen LogP contribution >= 0.6 is 24.8 Å². The van der Waals surface area contributed by atoms with Gasteiger partial charge in [0.25, 0.3) is 0 Å². The zero-order chi connectivity index (χ0) is 13.0. The van der Waals surface area contributed by atoms with Crippen LogP contribution in [0.3, 0.4) is 0 Å². The monoisotopic (exact) mass is 330 g/mol. The van der Waals surface area contributed by atoms with Crippen molar-refractivity contribution in [2.24, 2.45) is 5.73 Å². The van der Waals surface area contributed by atoms with E-state index >= 15 is 0 Å². The predicted molar refractivity (Wildman–Crippen MR) is 79.7 cm³/mol. The lowest BCUT2D eigenvalue weighted by molar-refractivity contribution is 0.0591. The van der Waals surface area contributed by atoms with Gasteiger partial charge in [0, 0.05) is 18.4 Å². The van der Waals surface area contributed by atoms with E-state index in [1.807, 2.05) is 0 Å². The third-order valence-corrected chi connectivity index (χ3v) is 3.55. The van der Waals surface area contributed by atoms with Crippen LogP contribution < -0.4 is 5.73 Å². The zero-order valence-corrected chi connectivity index (χ0v) is 12.9. The fraction of sp³-hybridized carbons (Fsp3) is 0.750. The number of nitrogens with zero attached hydrogens (tertiary/aromatic N) is 3. The highest BCUT2D eigenvalue weighted by Gasteiger charge is 2.23. The van der Waals surface area contributed by atoms with Crippen molar-refractivity contribution in [3.63, 3.8) is 0 Å². The number of halogens is 4. The molecule has 0 amide bonds. The largest absolute Gasteiger partial charge is 0.330 e. The van der Waals surface area contributed by atoms with Gasteiger partial charge in [-0.15, -0.1) is 24.8 Å². The van der Waals surface area contributed by atoms with E-state index in [-0.39, 0.29) is 24.8 Å². The fourth-order valence-corrected chi connectivity index (χ4v) is 2.61. The molecule has 0 spiro atoms. The van der Waals surface area contributed by atoms with Crippen LogP contribution in [0.1, 0.15) is 38.1 Å². The Kier molecular flexibility index (Phi) is 9.29. The van der Waals surface area contributed by atoms with Gasteiger partial charge < -0.3 is 5.73 Å². The molecule has 0 bridgehead atoms. The van der Waals surface area contributed by atoms with Gasteiger partial charge >= 0.3 is 6.55 Å². The van der Waals surface area contributed by atoms with Crippen LogP contribution in [0.25, 0.3) is 0 Å². The summed E-state index contributed by atoms with van der Waals surface area (Å²) in [5.41, 5.74) is 5.61. The van der Waals surface area contributed by atoms with Crippen molar-refractivity contribution in [1.29, 1.82) is 0 Å². The molecule has 0 aromatic carbocycles. The molecule has 0 aliphatic carbocycles. The van der Waals surface area contributed by atoms with E-state index in [4.69, 9.17) is 5.73 Å². The summed E-state index contributed by atoms with van der Waals surface area (Å²) in [7, 11) is 0. The van der Waals surface area contributed by atoms with Crippen molar-refractivity contribution in [2.75, 3.05) is 13.1 Å². The molecule has 2 rings (SSSR count). The summed E-state index contributed by atoms with van der Waals surface area (Å²) in [6.45, 7) is -0.437. The summed E-state index contributed by atoms with van der Waals surface area (Å²) in [5.74, 6) is 0.439. The van der Waals surface area contributed by atoms with E-state index in [2.05, 4.69) is 9.88 Å². The molecule has 20 heavy (non-hydrogen) atoms. The summed E-state index contributed by atoms with van der Waals surface area (Å²) in [6.07, 6.45) is 7.12. The molecule has 1 aromatic rings. The number of alkyl halides is 2. The maximum Gasteiger partial charge on any atom is 0.319 e. The molecule has 1 aromatic heterocycles. The lowest BCUT2D eigenvalue weighted by atomic mass is 9.99. The minimum atomic E-state index is -2.51. The number of nitrogens with two attached hydrogens (primary N) is 1. The highest BCUT2D eigenvalue weighted by molar-refractivity contribution is 5.85. The quantitative estimate of drug-likeness (QED) is 0.903.